The number of fused-ring (bicyclic) bond motifs is 2. The first-order chi connectivity index (χ1) is 20.8. The van der Waals surface area contributed by atoms with Gasteiger partial charge in [0.05, 0.1) is 27.5 Å². The predicted octanol–water partition coefficient (Wildman–Crippen LogP) is 6.63. The molecule has 228 valence electrons. The van der Waals surface area contributed by atoms with Gasteiger partial charge in [0.25, 0.3) is 5.56 Å². The smallest absolute Gasteiger partial charge is 0.336 e. The number of nitrogens with zero attached hydrogens (tertiary/aromatic N) is 3. The van der Waals surface area contributed by atoms with Gasteiger partial charge in [0, 0.05) is 28.4 Å². The second-order valence-electron chi connectivity index (χ2n) is 10.9. The van der Waals surface area contributed by atoms with Crippen LogP contribution >= 0.6 is 34.5 Å². The second-order valence-corrected chi connectivity index (χ2v) is 12.8. The monoisotopic (exact) mass is 651 g/mol. The highest BCUT2D eigenvalue weighted by Gasteiger charge is 2.31. The summed E-state index contributed by atoms with van der Waals surface area (Å²) in [7, 11) is 1.72. The number of aromatic nitrogens is 3. The summed E-state index contributed by atoms with van der Waals surface area (Å²) in [6, 6.07) is 13.8. The number of aryl methyl sites for hydroxylation is 3. The van der Waals surface area contributed by atoms with Gasteiger partial charge in [-0.25, -0.2) is 9.59 Å². The molecule has 3 aromatic carbocycles. The van der Waals surface area contributed by atoms with E-state index >= 15 is 0 Å². The molecular formula is C33H31Cl2N3O5S. The Hall–Kier alpha value is -3.92. The van der Waals surface area contributed by atoms with Crippen LogP contribution in [0.1, 0.15) is 63.3 Å². The number of carboxylic acids is 1. The molecule has 44 heavy (non-hydrogen) atoms. The molecule has 0 amide bonds. The molecule has 5 aromatic rings. The molecule has 0 fully saturated rings. The molecule has 8 nitrogen and oxygen atoms in total. The number of halogens is 2. The summed E-state index contributed by atoms with van der Waals surface area (Å²) < 4.78 is 5.31. The van der Waals surface area contributed by atoms with E-state index in [0.717, 1.165) is 43.8 Å². The molecular weight excluding hydrogens is 621 g/mol. The van der Waals surface area contributed by atoms with E-state index in [0.29, 0.717) is 51.8 Å². The van der Waals surface area contributed by atoms with E-state index in [1.165, 1.54) is 4.57 Å². The molecule has 2 heterocycles. The largest absolute Gasteiger partial charge is 0.478 e. The van der Waals surface area contributed by atoms with Gasteiger partial charge in [0.15, 0.2) is 0 Å². The first-order valence-electron chi connectivity index (χ1n) is 14.1. The molecule has 1 aliphatic carbocycles. The van der Waals surface area contributed by atoms with Gasteiger partial charge < -0.3 is 9.67 Å². The lowest BCUT2D eigenvalue weighted by atomic mass is 10.1. The minimum atomic E-state index is -0.859. The van der Waals surface area contributed by atoms with E-state index < -0.39 is 17.7 Å². The van der Waals surface area contributed by atoms with Crippen LogP contribution in [0, 0.1) is 20.8 Å². The average Bonchev–Trinajstić information content (AvgIpc) is 3.50. The molecule has 0 saturated carbocycles. The van der Waals surface area contributed by atoms with Gasteiger partial charge in [-0.3, -0.25) is 18.7 Å². The zero-order valence-corrected chi connectivity index (χ0v) is 27.2. The van der Waals surface area contributed by atoms with Gasteiger partial charge in [0.2, 0.25) is 0 Å². The van der Waals surface area contributed by atoms with Crippen LogP contribution < -0.4 is 16.1 Å². The molecule has 6 rings (SSSR count). The standard InChI is InChI=1S/C24H21Cl2N3O3S.C9H10O2/c1-4-18-12(2)22(30)29(19-8-6-15-16(19)9-13(25)10-17(15)26)23(31)28(18)14-5-7-20-21(11-14)33-24(32)27(20)3;1-6-3-4-8(9(10)11)7(2)5-6/h5,7,9-11,19H,4,6,8H2,1-3H3;3-5H,1-2H3,(H,10,11). The Bertz CT molecular complexity index is 2140. The quantitative estimate of drug-likeness (QED) is 0.235. The van der Waals surface area contributed by atoms with E-state index in [4.69, 9.17) is 28.3 Å². The zero-order chi connectivity index (χ0) is 32.0. The molecule has 0 aliphatic heterocycles. The van der Waals surface area contributed by atoms with Crippen molar-refractivity contribution in [2.24, 2.45) is 7.05 Å². The topological polar surface area (TPSA) is 103 Å². The molecule has 11 heteroatoms. The van der Waals surface area contributed by atoms with Crippen LogP contribution in [0.25, 0.3) is 15.9 Å². The first kappa shape index (κ1) is 31.5. The number of carbonyl (C=O) groups is 1. The molecule has 1 atom stereocenters. The van der Waals surface area contributed by atoms with Gasteiger partial charge in [-0.05, 0) is 93.1 Å². The zero-order valence-electron chi connectivity index (χ0n) is 24.9. The van der Waals surface area contributed by atoms with Crippen molar-refractivity contribution in [3.63, 3.8) is 0 Å². The Morgan fingerprint density at radius 2 is 1.75 bits per heavy atom. The van der Waals surface area contributed by atoms with E-state index in [2.05, 4.69) is 0 Å². The Morgan fingerprint density at radius 1 is 1.02 bits per heavy atom. The van der Waals surface area contributed by atoms with Crippen LogP contribution in [0.4, 0.5) is 0 Å². The van der Waals surface area contributed by atoms with Crippen molar-refractivity contribution in [1.29, 1.82) is 0 Å². The minimum absolute atomic E-state index is 0.0670. The summed E-state index contributed by atoms with van der Waals surface area (Å²) in [4.78, 5) is 49.9. The van der Waals surface area contributed by atoms with Gasteiger partial charge in [-0.1, -0.05) is 59.2 Å². The van der Waals surface area contributed by atoms with Gasteiger partial charge in [-0.15, -0.1) is 0 Å². The lowest BCUT2D eigenvalue weighted by Crippen LogP contribution is -2.44. The average molecular weight is 653 g/mol. The first-order valence-corrected chi connectivity index (χ1v) is 15.7. The summed E-state index contributed by atoms with van der Waals surface area (Å²) in [6.45, 7) is 7.43. The molecule has 1 N–H and O–H groups in total. The van der Waals surface area contributed by atoms with Crippen LogP contribution in [0.15, 0.2) is 62.9 Å². The van der Waals surface area contributed by atoms with Crippen molar-refractivity contribution in [2.75, 3.05) is 0 Å². The van der Waals surface area contributed by atoms with Crippen molar-refractivity contribution in [3.8, 4) is 5.69 Å². The Morgan fingerprint density at radius 3 is 2.41 bits per heavy atom. The summed E-state index contributed by atoms with van der Waals surface area (Å²) in [6.07, 6.45) is 1.77. The second kappa shape index (κ2) is 12.2. The van der Waals surface area contributed by atoms with E-state index in [1.54, 1.807) is 54.3 Å². The number of hydrogen-bond donors (Lipinski definition) is 1. The highest BCUT2D eigenvalue weighted by molar-refractivity contribution is 7.16. The fourth-order valence-electron chi connectivity index (χ4n) is 5.95. The van der Waals surface area contributed by atoms with Crippen LogP contribution in [0.2, 0.25) is 10.0 Å². The molecule has 2 aromatic heterocycles. The fraction of sp³-hybridized carbons (Fsp3) is 0.273. The van der Waals surface area contributed by atoms with Crippen LogP contribution in [0.3, 0.4) is 0 Å². The van der Waals surface area contributed by atoms with Gasteiger partial charge in [-0.2, -0.15) is 0 Å². The Labute approximate surface area is 267 Å². The summed E-state index contributed by atoms with van der Waals surface area (Å²) in [5.74, 6) is -0.859. The number of hydrogen-bond acceptors (Lipinski definition) is 5. The highest BCUT2D eigenvalue weighted by Crippen LogP contribution is 2.39. The molecule has 1 aliphatic rings. The number of aromatic carboxylic acids is 1. The summed E-state index contributed by atoms with van der Waals surface area (Å²) in [5, 5.41) is 9.69. The van der Waals surface area contributed by atoms with Crippen molar-refractivity contribution in [1.82, 2.24) is 13.7 Å². The number of rotatable bonds is 4. The van der Waals surface area contributed by atoms with Crippen molar-refractivity contribution in [2.45, 2.75) is 53.0 Å². The summed E-state index contributed by atoms with van der Waals surface area (Å²) >= 11 is 13.8. The maximum absolute atomic E-state index is 13.9. The lowest BCUT2D eigenvalue weighted by molar-refractivity contribution is 0.0696. The lowest BCUT2D eigenvalue weighted by Gasteiger charge is -2.21. The third kappa shape index (κ3) is 5.56. The Kier molecular flexibility index (Phi) is 8.75. The number of thiazole rings is 1. The maximum Gasteiger partial charge on any atom is 0.336 e. The molecule has 0 bridgehead atoms. The Balaban J connectivity index is 0.000000296. The van der Waals surface area contributed by atoms with Crippen molar-refractivity contribution >= 4 is 50.7 Å². The van der Waals surface area contributed by atoms with Crippen molar-refractivity contribution < 1.29 is 9.90 Å². The van der Waals surface area contributed by atoms with E-state index in [9.17, 15) is 19.2 Å². The normalized spacial score (nSPS) is 13.9. The number of carboxylic acid groups (broad SMARTS) is 1. The van der Waals surface area contributed by atoms with Crippen LogP contribution in [0.5, 0.6) is 0 Å². The fourth-order valence-corrected chi connectivity index (χ4v) is 7.47. The van der Waals surface area contributed by atoms with E-state index in [-0.39, 0.29) is 10.4 Å². The predicted molar refractivity (Wildman–Crippen MR) is 177 cm³/mol. The SMILES string of the molecule is CCc1c(C)c(=O)n(C2CCc3c(Cl)cc(Cl)cc32)c(=O)n1-c1ccc2c(c1)sc(=O)n2C.Cc1ccc(C(=O)O)c(C)c1. The summed E-state index contributed by atoms with van der Waals surface area (Å²) in [5.41, 5.74) is 5.96. The molecule has 0 spiro atoms. The van der Waals surface area contributed by atoms with Crippen LogP contribution in [-0.4, -0.2) is 24.8 Å². The van der Waals surface area contributed by atoms with Crippen molar-refractivity contribution in [3.05, 3.63) is 128 Å². The third-order valence-electron chi connectivity index (χ3n) is 8.15. The third-order valence-corrected chi connectivity index (χ3v) is 9.71. The molecule has 0 saturated heterocycles. The maximum atomic E-state index is 13.9. The number of benzene rings is 3. The molecule has 1 unspecified atom stereocenters. The minimum Gasteiger partial charge on any atom is -0.478 e. The van der Waals surface area contributed by atoms with E-state index in [1.807, 2.05) is 38.1 Å². The highest BCUT2D eigenvalue weighted by atomic mass is 35.5. The van der Waals surface area contributed by atoms with Gasteiger partial charge in [0.1, 0.15) is 0 Å². The van der Waals surface area contributed by atoms with Crippen LogP contribution in [-0.2, 0) is 19.9 Å². The molecule has 0 radical (unpaired) electrons. The van der Waals surface area contributed by atoms with Gasteiger partial charge >= 0.3 is 16.5 Å².